The third-order valence-corrected chi connectivity index (χ3v) is 3.71. The van der Waals surface area contributed by atoms with Crippen LogP contribution in [0.3, 0.4) is 0 Å². The van der Waals surface area contributed by atoms with Crippen LogP contribution in [0.1, 0.15) is 24.5 Å². The fourth-order valence-corrected chi connectivity index (χ4v) is 2.58. The maximum atomic E-state index is 10.1. The van der Waals surface area contributed by atoms with Gasteiger partial charge in [-0.15, -0.1) is 0 Å². The molecule has 4 heteroatoms. The normalized spacial score (nSPS) is 20.4. The molecule has 0 aromatic heterocycles. The van der Waals surface area contributed by atoms with E-state index in [2.05, 4.69) is 20.8 Å². The zero-order valence-corrected chi connectivity index (χ0v) is 11.3. The highest BCUT2D eigenvalue weighted by molar-refractivity contribution is 9.10. The highest BCUT2D eigenvalue weighted by Gasteiger charge is 2.19. The van der Waals surface area contributed by atoms with Gasteiger partial charge in [0.05, 0.1) is 12.2 Å². The van der Waals surface area contributed by atoms with Crippen molar-refractivity contribution in [2.45, 2.75) is 25.0 Å². The molecule has 1 aromatic carbocycles. The first-order valence-corrected chi connectivity index (χ1v) is 6.78. The molecule has 3 nitrogen and oxygen atoms in total. The second-order valence-corrected chi connectivity index (χ2v) is 5.52. The van der Waals surface area contributed by atoms with E-state index in [0.717, 1.165) is 36.0 Å². The number of rotatable bonds is 3. The smallest absolute Gasteiger partial charge is 0.0917 e. The summed E-state index contributed by atoms with van der Waals surface area (Å²) in [6.45, 7) is 2.38. The molecule has 94 valence electrons. The zero-order chi connectivity index (χ0) is 12.3. The first-order valence-electron chi connectivity index (χ1n) is 5.99. The van der Waals surface area contributed by atoms with Gasteiger partial charge in [-0.25, -0.2) is 0 Å². The second-order valence-electron chi connectivity index (χ2n) is 4.60. The lowest BCUT2D eigenvalue weighted by Crippen LogP contribution is -2.38. The first-order chi connectivity index (χ1) is 8.15. The number of β-amino-alcohol motifs (C(OH)–C–C–N with tert-alkyl or cyclic N) is 1. The molecule has 0 spiro atoms. The number of halogens is 1. The Morgan fingerprint density at radius 1 is 1.35 bits per heavy atom. The van der Waals surface area contributed by atoms with Crippen LogP contribution in [0.5, 0.6) is 0 Å². The molecule has 1 aliphatic rings. The molecule has 1 heterocycles. The minimum absolute atomic E-state index is 0.158. The molecule has 2 N–H and O–H groups in total. The Morgan fingerprint density at radius 3 is 2.71 bits per heavy atom. The van der Waals surface area contributed by atoms with Crippen molar-refractivity contribution in [3.63, 3.8) is 0 Å². The largest absolute Gasteiger partial charge is 0.393 e. The molecule has 0 amide bonds. The Bertz CT molecular complexity index is 364. The molecule has 0 bridgehead atoms. The van der Waals surface area contributed by atoms with Gasteiger partial charge in [0.1, 0.15) is 0 Å². The minimum Gasteiger partial charge on any atom is -0.393 e. The van der Waals surface area contributed by atoms with Crippen LogP contribution in [0.2, 0.25) is 0 Å². The monoisotopic (exact) mass is 299 g/mol. The van der Waals surface area contributed by atoms with Crippen LogP contribution in [0.25, 0.3) is 0 Å². The number of aliphatic hydroxyl groups excluding tert-OH is 2. The van der Waals surface area contributed by atoms with Crippen molar-refractivity contribution in [2.24, 2.45) is 0 Å². The van der Waals surface area contributed by atoms with E-state index in [4.69, 9.17) is 0 Å². The van der Waals surface area contributed by atoms with Gasteiger partial charge in [-0.3, -0.25) is 0 Å². The Balaban J connectivity index is 1.90. The van der Waals surface area contributed by atoms with Crippen molar-refractivity contribution in [2.75, 3.05) is 19.6 Å². The van der Waals surface area contributed by atoms with Gasteiger partial charge in [0.15, 0.2) is 0 Å². The fourth-order valence-electron chi connectivity index (χ4n) is 2.17. The van der Waals surface area contributed by atoms with Gasteiger partial charge in [-0.2, -0.15) is 0 Å². The summed E-state index contributed by atoms with van der Waals surface area (Å²) in [5.41, 5.74) is 0.936. The summed E-state index contributed by atoms with van der Waals surface area (Å²) in [6.07, 6.45) is 1.01. The van der Waals surface area contributed by atoms with Crippen LogP contribution in [-0.4, -0.2) is 40.9 Å². The average Bonchev–Trinajstić information content (AvgIpc) is 2.32. The van der Waals surface area contributed by atoms with Gasteiger partial charge < -0.3 is 15.1 Å². The van der Waals surface area contributed by atoms with E-state index in [0.29, 0.717) is 6.54 Å². The zero-order valence-electron chi connectivity index (χ0n) is 9.72. The predicted octanol–water partition coefficient (Wildman–Crippen LogP) is 1.94. The lowest BCUT2D eigenvalue weighted by atomic mass is 10.1. The average molecular weight is 300 g/mol. The summed E-state index contributed by atoms with van der Waals surface area (Å²) in [5.74, 6) is 0. The molecule has 0 saturated carbocycles. The molecule has 1 aromatic rings. The fraction of sp³-hybridized carbons (Fsp3) is 0.538. The van der Waals surface area contributed by atoms with Gasteiger partial charge in [0.2, 0.25) is 0 Å². The first kappa shape index (κ1) is 13.0. The van der Waals surface area contributed by atoms with Crippen LogP contribution in [0.15, 0.2) is 28.7 Å². The summed E-state index contributed by atoms with van der Waals surface area (Å²) in [6, 6.07) is 7.77. The third-order valence-electron chi connectivity index (χ3n) is 3.22. The van der Waals surface area contributed by atoms with Crippen molar-refractivity contribution in [3.8, 4) is 0 Å². The molecule has 1 unspecified atom stereocenters. The predicted molar refractivity (Wildman–Crippen MR) is 70.8 cm³/mol. The number of aliphatic hydroxyl groups is 2. The van der Waals surface area contributed by atoms with Crippen LogP contribution < -0.4 is 0 Å². The topological polar surface area (TPSA) is 43.7 Å². The van der Waals surface area contributed by atoms with Gasteiger partial charge >= 0.3 is 0 Å². The molecule has 1 atom stereocenters. The maximum absolute atomic E-state index is 10.1. The van der Waals surface area contributed by atoms with Crippen molar-refractivity contribution in [3.05, 3.63) is 34.3 Å². The van der Waals surface area contributed by atoms with Crippen LogP contribution >= 0.6 is 15.9 Å². The Hall–Kier alpha value is -0.420. The van der Waals surface area contributed by atoms with Crippen LogP contribution in [0, 0.1) is 0 Å². The molecule has 0 aliphatic carbocycles. The summed E-state index contributed by atoms with van der Waals surface area (Å²) < 4.78 is 0.989. The van der Waals surface area contributed by atoms with Crippen molar-refractivity contribution in [1.82, 2.24) is 4.90 Å². The van der Waals surface area contributed by atoms with Crippen LogP contribution in [-0.2, 0) is 0 Å². The quantitative estimate of drug-likeness (QED) is 0.896. The van der Waals surface area contributed by atoms with E-state index in [-0.39, 0.29) is 6.10 Å². The summed E-state index contributed by atoms with van der Waals surface area (Å²) in [4.78, 5) is 2.21. The molecule has 17 heavy (non-hydrogen) atoms. The van der Waals surface area contributed by atoms with Gasteiger partial charge in [-0.1, -0.05) is 28.1 Å². The minimum atomic E-state index is -0.456. The number of likely N-dealkylation sites (tertiary alicyclic amines) is 1. The highest BCUT2D eigenvalue weighted by Crippen LogP contribution is 2.20. The number of hydrogen-bond acceptors (Lipinski definition) is 3. The van der Waals surface area contributed by atoms with Gasteiger partial charge in [-0.05, 0) is 30.5 Å². The van der Waals surface area contributed by atoms with Crippen LogP contribution in [0.4, 0.5) is 0 Å². The van der Waals surface area contributed by atoms with E-state index >= 15 is 0 Å². The Labute approximate surface area is 110 Å². The number of hydrogen-bond donors (Lipinski definition) is 2. The van der Waals surface area contributed by atoms with Crippen molar-refractivity contribution >= 4 is 15.9 Å². The molecular weight excluding hydrogens is 282 g/mol. The standard InChI is InChI=1S/C13H18BrNO2/c14-11-3-1-2-10(8-11)13(17)9-15-6-4-12(16)5-7-15/h1-3,8,12-13,16-17H,4-7,9H2. The SMILES string of the molecule is OC1CCN(CC(O)c2cccc(Br)c2)CC1. The Kier molecular flexibility index (Phi) is 4.56. The maximum Gasteiger partial charge on any atom is 0.0917 e. The van der Waals surface area contributed by atoms with Gasteiger partial charge in [0, 0.05) is 24.1 Å². The number of nitrogens with zero attached hydrogens (tertiary/aromatic N) is 1. The molecule has 0 radical (unpaired) electrons. The summed E-state index contributed by atoms with van der Waals surface area (Å²) in [5, 5.41) is 19.6. The molecule has 2 rings (SSSR count). The van der Waals surface area contributed by atoms with E-state index in [9.17, 15) is 10.2 Å². The second kappa shape index (κ2) is 5.96. The van der Waals surface area contributed by atoms with E-state index < -0.39 is 6.10 Å². The van der Waals surface area contributed by atoms with Crippen molar-refractivity contribution in [1.29, 1.82) is 0 Å². The molecule has 1 aliphatic heterocycles. The van der Waals surface area contributed by atoms with E-state index in [1.54, 1.807) is 0 Å². The molecule has 1 fully saturated rings. The summed E-state index contributed by atoms with van der Waals surface area (Å²) in [7, 11) is 0. The molecule has 1 saturated heterocycles. The molecular formula is C13H18BrNO2. The van der Waals surface area contributed by atoms with Gasteiger partial charge in [0.25, 0.3) is 0 Å². The lowest BCUT2D eigenvalue weighted by molar-refractivity contribution is 0.0508. The number of benzene rings is 1. The van der Waals surface area contributed by atoms with E-state index in [1.807, 2.05) is 24.3 Å². The highest BCUT2D eigenvalue weighted by atomic mass is 79.9. The lowest BCUT2D eigenvalue weighted by Gasteiger charge is -2.31. The third kappa shape index (κ3) is 3.78. The number of piperidine rings is 1. The van der Waals surface area contributed by atoms with E-state index in [1.165, 1.54) is 0 Å². The Morgan fingerprint density at radius 2 is 2.06 bits per heavy atom. The van der Waals surface area contributed by atoms with Crippen molar-refractivity contribution < 1.29 is 10.2 Å². The summed E-state index contributed by atoms with van der Waals surface area (Å²) >= 11 is 3.41.